The summed E-state index contributed by atoms with van der Waals surface area (Å²) < 4.78 is 0. The molecule has 0 heteroatoms. The molecule has 0 N–H and O–H groups in total. The molecule has 0 aliphatic rings. The number of rotatable bonds is 14. The molecule has 0 nitrogen and oxygen atoms in total. The van der Waals surface area contributed by atoms with Gasteiger partial charge in [0.15, 0.2) is 0 Å². The third-order valence-corrected chi connectivity index (χ3v) is 4.73. The zero-order valence-electron chi connectivity index (χ0n) is 15.2. The first-order chi connectivity index (χ1) is 9.56. The van der Waals surface area contributed by atoms with Crippen molar-refractivity contribution in [1.29, 1.82) is 0 Å². The Balaban J connectivity index is 3.16. The quantitative estimate of drug-likeness (QED) is 0.287. The zero-order chi connectivity index (χ0) is 15.2. The fraction of sp³-hybridized carbons (Fsp3) is 1.00. The molecule has 0 aromatic heterocycles. The average molecular weight is 283 g/mol. The van der Waals surface area contributed by atoms with Gasteiger partial charge in [0.25, 0.3) is 0 Å². The summed E-state index contributed by atoms with van der Waals surface area (Å²) in [5.41, 5.74) is 0. The highest BCUT2D eigenvalue weighted by Gasteiger charge is 2.06. The molecular weight excluding hydrogens is 240 g/mol. The van der Waals surface area contributed by atoms with Gasteiger partial charge in [0.05, 0.1) is 0 Å². The summed E-state index contributed by atoms with van der Waals surface area (Å²) in [7, 11) is 0. The molecule has 0 rings (SSSR count). The molecule has 0 spiro atoms. The maximum Gasteiger partial charge on any atom is -0.0440 e. The molecule has 0 aromatic rings. The summed E-state index contributed by atoms with van der Waals surface area (Å²) in [6.07, 6.45) is 17.4. The Morgan fingerprint density at radius 3 is 1.45 bits per heavy atom. The lowest BCUT2D eigenvalue weighted by Crippen LogP contribution is -2.02. The first kappa shape index (κ1) is 20.0. The van der Waals surface area contributed by atoms with Crippen molar-refractivity contribution in [2.75, 3.05) is 0 Å². The first-order valence-electron chi connectivity index (χ1n) is 9.56. The van der Waals surface area contributed by atoms with Gasteiger partial charge in [-0.25, -0.2) is 0 Å². The summed E-state index contributed by atoms with van der Waals surface area (Å²) in [5.74, 6) is 2.77. The average Bonchev–Trinajstić information content (AvgIpc) is 2.40. The van der Waals surface area contributed by atoms with Crippen molar-refractivity contribution in [3.8, 4) is 0 Å². The zero-order valence-corrected chi connectivity index (χ0v) is 15.2. The monoisotopic (exact) mass is 282 g/mol. The Hall–Kier alpha value is 0. The first-order valence-corrected chi connectivity index (χ1v) is 9.56. The third kappa shape index (κ3) is 14.4. The van der Waals surface area contributed by atoms with Crippen molar-refractivity contribution < 1.29 is 0 Å². The summed E-state index contributed by atoms with van der Waals surface area (Å²) in [5, 5.41) is 0. The highest BCUT2D eigenvalue weighted by Crippen LogP contribution is 2.20. The molecular formula is C20H42. The SMILES string of the molecule is CCC(C)CC(C)CCCCCCCCCCC(C)C. The van der Waals surface area contributed by atoms with E-state index < -0.39 is 0 Å². The molecule has 0 aliphatic heterocycles. The van der Waals surface area contributed by atoms with E-state index in [2.05, 4.69) is 34.6 Å². The van der Waals surface area contributed by atoms with Gasteiger partial charge in [0.2, 0.25) is 0 Å². The van der Waals surface area contributed by atoms with E-state index in [1.54, 1.807) is 0 Å². The summed E-state index contributed by atoms with van der Waals surface area (Å²) in [4.78, 5) is 0. The normalized spacial score (nSPS) is 14.7. The predicted molar refractivity (Wildman–Crippen MR) is 94.2 cm³/mol. The van der Waals surface area contributed by atoms with E-state index >= 15 is 0 Å². The van der Waals surface area contributed by atoms with Crippen LogP contribution in [0.1, 0.15) is 112 Å². The van der Waals surface area contributed by atoms with Crippen LogP contribution in [0.2, 0.25) is 0 Å². The Morgan fingerprint density at radius 2 is 1.00 bits per heavy atom. The van der Waals surface area contributed by atoms with E-state index in [0.29, 0.717) is 0 Å². The van der Waals surface area contributed by atoms with Crippen LogP contribution in [-0.4, -0.2) is 0 Å². The molecule has 122 valence electrons. The van der Waals surface area contributed by atoms with Gasteiger partial charge in [-0.1, -0.05) is 105 Å². The summed E-state index contributed by atoms with van der Waals surface area (Å²) in [6, 6.07) is 0. The van der Waals surface area contributed by atoms with Crippen LogP contribution in [-0.2, 0) is 0 Å². The van der Waals surface area contributed by atoms with Crippen molar-refractivity contribution in [2.45, 2.75) is 112 Å². The van der Waals surface area contributed by atoms with Crippen molar-refractivity contribution in [3.63, 3.8) is 0 Å². The molecule has 0 radical (unpaired) electrons. The van der Waals surface area contributed by atoms with Crippen LogP contribution in [0.3, 0.4) is 0 Å². The van der Waals surface area contributed by atoms with Gasteiger partial charge in [-0.15, -0.1) is 0 Å². The second kappa shape index (κ2) is 14.0. The Bertz CT molecular complexity index is 182. The largest absolute Gasteiger partial charge is 0.0651 e. The molecule has 0 aliphatic carbocycles. The van der Waals surface area contributed by atoms with Crippen LogP contribution >= 0.6 is 0 Å². The predicted octanol–water partition coefficient (Wildman–Crippen LogP) is 7.62. The highest BCUT2D eigenvalue weighted by molar-refractivity contribution is 4.59. The van der Waals surface area contributed by atoms with Gasteiger partial charge in [0.1, 0.15) is 0 Å². The highest BCUT2D eigenvalue weighted by atomic mass is 14.1. The minimum Gasteiger partial charge on any atom is -0.0651 e. The molecule has 0 saturated carbocycles. The topological polar surface area (TPSA) is 0 Å². The second-order valence-electron chi connectivity index (χ2n) is 7.65. The Labute approximate surface area is 130 Å². The van der Waals surface area contributed by atoms with Gasteiger partial charge < -0.3 is 0 Å². The van der Waals surface area contributed by atoms with Gasteiger partial charge >= 0.3 is 0 Å². The molecule has 2 atom stereocenters. The lowest BCUT2D eigenvalue weighted by Gasteiger charge is -2.15. The summed E-state index contributed by atoms with van der Waals surface area (Å²) in [6.45, 7) is 11.8. The number of unbranched alkanes of at least 4 members (excludes halogenated alkanes) is 7. The minimum atomic E-state index is 0.896. The van der Waals surface area contributed by atoms with Crippen molar-refractivity contribution in [2.24, 2.45) is 17.8 Å². The lowest BCUT2D eigenvalue weighted by atomic mass is 9.91. The van der Waals surface area contributed by atoms with Crippen molar-refractivity contribution in [3.05, 3.63) is 0 Å². The Kier molecular flexibility index (Phi) is 14.0. The van der Waals surface area contributed by atoms with Crippen LogP contribution in [0.15, 0.2) is 0 Å². The maximum atomic E-state index is 2.45. The second-order valence-corrected chi connectivity index (χ2v) is 7.65. The van der Waals surface area contributed by atoms with Crippen molar-refractivity contribution >= 4 is 0 Å². The van der Waals surface area contributed by atoms with E-state index in [1.807, 2.05) is 0 Å². The number of hydrogen-bond acceptors (Lipinski definition) is 0. The standard InChI is InChI=1S/C20H42/c1-6-19(4)17-20(5)16-14-12-10-8-7-9-11-13-15-18(2)3/h18-20H,6-17H2,1-5H3. The van der Waals surface area contributed by atoms with E-state index in [-0.39, 0.29) is 0 Å². The third-order valence-electron chi connectivity index (χ3n) is 4.73. The molecule has 20 heavy (non-hydrogen) atoms. The van der Waals surface area contributed by atoms with Gasteiger partial charge in [-0.05, 0) is 24.2 Å². The number of hydrogen-bond donors (Lipinski definition) is 0. The smallest absolute Gasteiger partial charge is 0.0440 e. The summed E-state index contributed by atoms with van der Waals surface area (Å²) >= 11 is 0. The van der Waals surface area contributed by atoms with Crippen LogP contribution in [0.25, 0.3) is 0 Å². The van der Waals surface area contributed by atoms with E-state index in [4.69, 9.17) is 0 Å². The van der Waals surface area contributed by atoms with Gasteiger partial charge in [-0.2, -0.15) is 0 Å². The lowest BCUT2D eigenvalue weighted by molar-refractivity contribution is 0.374. The van der Waals surface area contributed by atoms with Crippen LogP contribution < -0.4 is 0 Å². The van der Waals surface area contributed by atoms with Crippen LogP contribution in [0, 0.1) is 17.8 Å². The molecule has 2 unspecified atom stereocenters. The molecule has 0 aromatic carbocycles. The Morgan fingerprint density at radius 1 is 0.550 bits per heavy atom. The van der Waals surface area contributed by atoms with E-state index in [9.17, 15) is 0 Å². The molecule has 0 saturated heterocycles. The van der Waals surface area contributed by atoms with Gasteiger partial charge in [-0.3, -0.25) is 0 Å². The molecule has 0 heterocycles. The van der Waals surface area contributed by atoms with Crippen molar-refractivity contribution in [1.82, 2.24) is 0 Å². The fourth-order valence-electron chi connectivity index (χ4n) is 3.08. The molecule has 0 fully saturated rings. The van der Waals surface area contributed by atoms with Crippen LogP contribution in [0.5, 0.6) is 0 Å². The fourth-order valence-corrected chi connectivity index (χ4v) is 3.08. The van der Waals surface area contributed by atoms with E-state index in [1.165, 1.54) is 77.0 Å². The van der Waals surface area contributed by atoms with E-state index in [0.717, 1.165) is 17.8 Å². The molecule has 0 amide bonds. The molecule has 0 bridgehead atoms. The minimum absolute atomic E-state index is 0.896. The van der Waals surface area contributed by atoms with Crippen LogP contribution in [0.4, 0.5) is 0 Å². The van der Waals surface area contributed by atoms with Gasteiger partial charge in [0, 0.05) is 0 Å². The maximum absolute atomic E-state index is 2.45.